The lowest BCUT2D eigenvalue weighted by atomic mass is 10.2. The van der Waals surface area contributed by atoms with Crippen molar-refractivity contribution in [1.29, 1.82) is 0 Å². The van der Waals surface area contributed by atoms with Gasteiger partial charge in [0.1, 0.15) is 5.01 Å². The molecule has 4 nitrogen and oxygen atoms in total. The molecule has 1 aromatic heterocycles. The Morgan fingerprint density at radius 2 is 2.39 bits per heavy atom. The van der Waals surface area contributed by atoms with Gasteiger partial charge in [0.2, 0.25) is 0 Å². The van der Waals surface area contributed by atoms with Crippen LogP contribution in [0.3, 0.4) is 0 Å². The number of hydrogen-bond acceptors (Lipinski definition) is 5. The number of aromatic nitrogens is 1. The first-order valence-electron chi connectivity index (χ1n) is 6.65. The summed E-state index contributed by atoms with van der Waals surface area (Å²) >= 11 is 1.76. The van der Waals surface area contributed by atoms with Crippen molar-refractivity contribution in [3.63, 3.8) is 0 Å². The van der Waals surface area contributed by atoms with Crippen LogP contribution in [-0.4, -0.2) is 55.1 Å². The SMILES string of the molecule is CNCc1nc(CN2CCCC2CN(C)C)cs1. The zero-order valence-corrected chi connectivity index (χ0v) is 12.5. The van der Waals surface area contributed by atoms with Crippen molar-refractivity contribution < 1.29 is 0 Å². The Kier molecular flexibility index (Phi) is 5.12. The number of likely N-dealkylation sites (N-methyl/N-ethyl adjacent to an activating group) is 1. The van der Waals surface area contributed by atoms with E-state index in [2.05, 4.69) is 39.6 Å². The number of likely N-dealkylation sites (tertiary alicyclic amines) is 1. The summed E-state index contributed by atoms with van der Waals surface area (Å²) in [6.07, 6.45) is 2.65. The van der Waals surface area contributed by atoms with Crippen LogP contribution in [0.25, 0.3) is 0 Å². The summed E-state index contributed by atoms with van der Waals surface area (Å²) in [6.45, 7) is 4.27. The highest BCUT2D eigenvalue weighted by Gasteiger charge is 2.25. The van der Waals surface area contributed by atoms with E-state index in [1.165, 1.54) is 30.1 Å². The Morgan fingerprint density at radius 1 is 1.56 bits per heavy atom. The van der Waals surface area contributed by atoms with Gasteiger partial charge in [-0.05, 0) is 40.5 Å². The van der Waals surface area contributed by atoms with E-state index >= 15 is 0 Å². The van der Waals surface area contributed by atoms with E-state index in [1.54, 1.807) is 11.3 Å². The van der Waals surface area contributed by atoms with Crippen molar-refractivity contribution in [3.8, 4) is 0 Å². The Labute approximate surface area is 114 Å². The van der Waals surface area contributed by atoms with E-state index in [-0.39, 0.29) is 0 Å². The van der Waals surface area contributed by atoms with Crippen LogP contribution in [0, 0.1) is 0 Å². The van der Waals surface area contributed by atoms with Crippen LogP contribution in [0.2, 0.25) is 0 Å². The molecule has 0 aromatic carbocycles. The number of thiazole rings is 1. The van der Waals surface area contributed by atoms with E-state index in [1.807, 2.05) is 7.05 Å². The summed E-state index contributed by atoms with van der Waals surface area (Å²) in [4.78, 5) is 9.55. The van der Waals surface area contributed by atoms with Gasteiger partial charge >= 0.3 is 0 Å². The van der Waals surface area contributed by atoms with Gasteiger partial charge in [0.05, 0.1) is 5.69 Å². The predicted molar refractivity (Wildman–Crippen MR) is 76.9 cm³/mol. The monoisotopic (exact) mass is 268 g/mol. The first kappa shape index (κ1) is 13.9. The van der Waals surface area contributed by atoms with Crippen molar-refractivity contribution in [2.45, 2.75) is 32.0 Å². The molecule has 1 aliphatic heterocycles. The minimum atomic E-state index is 0.703. The average molecular weight is 268 g/mol. The van der Waals surface area contributed by atoms with Crippen molar-refractivity contribution in [1.82, 2.24) is 20.1 Å². The Morgan fingerprint density at radius 3 is 3.11 bits per heavy atom. The molecule has 1 atom stereocenters. The number of nitrogens with zero attached hydrogens (tertiary/aromatic N) is 3. The molecule has 5 heteroatoms. The molecule has 1 fully saturated rings. The fraction of sp³-hybridized carbons (Fsp3) is 0.769. The molecular formula is C13H24N4S. The first-order valence-corrected chi connectivity index (χ1v) is 7.53. The summed E-state index contributed by atoms with van der Waals surface area (Å²) < 4.78 is 0. The summed E-state index contributed by atoms with van der Waals surface area (Å²) in [5.74, 6) is 0. The molecule has 18 heavy (non-hydrogen) atoms. The third-order valence-electron chi connectivity index (χ3n) is 3.37. The van der Waals surface area contributed by atoms with Gasteiger partial charge in [-0.25, -0.2) is 4.98 Å². The van der Waals surface area contributed by atoms with Crippen LogP contribution in [0.1, 0.15) is 23.5 Å². The number of nitrogens with one attached hydrogen (secondary N) is 1. The molecule has 1 aliphatic rings. The standard InChI is InChI=1S/C13H24N4S/c1-14-7-13-15-11(10-18-13)8-17-6-4-5-12(17)9-16(2)3/h10,12,14H,4-9H2,1-3H3. The topological polar surface area (TPSA) is 31.4 Å². The molecule has 0 spiro atoms. The fourth-order valence-electron chi connectivity index (χ4n) is 2.59. The van der Waals surface area contributed by atoms with Gasteiger partial charge in [-0.2, -0.15) is 0 Å². The van der Waals surface area contributed by atoms with Gasteiger partial charge in [-0.1, -0.05) is 0 Å². The summed E-state index contributed by atoms with van der Waals surface area (Å²) in [7, 11) is 6.28. The van der Waals surface area contributed by atoms with Crippen LogP contribution in [0.5, 0.6) is 0 Å². The second-order valence-corrected chi connectivity index (χ2v) is 6.23. The molecule has 0 radical (unpaired) electrons. The van der Waals surface area contributed by atoms with E-state index < -0.39 is 0 Å². The maximum atomic E-state index is 4.68. The normalized spacial score (nSPS) is 21.0. The van der Waals surface area contributed by atoms with Crippen LogP contribution in [-0.2, 0) is 13.1 Å². The lowest BCUT2D eigenvalue weighted by molar-refractivity contribution is 0.199. The molecule has 1 unspecified atom stereocenters. The highest BCUT2D eigenvalue weighted by Crippen LogP contribution is 2.21. The van der Waals surface area contributed by atoms with Crippen LogP contribution < -0.4 is 5.32 Å². The zero-order chi connectivity index (χ0) is 13.0. The van der Waals surface area contributed by atoms with Crippen molar-refractivity contribution in [2.24, 2.45) is 0 Å². The van der Waals surface area contributed by atoms with Crippen LogP contribution in [0.15, 0.2) is 5.38 Å². The van der Waals surface area contributed by atoms with E-state index in [9.17, 15) is 0 Å². The summed E-state index contributed by atoms with van der Waals surface area (Å²) in [6, 6.07) is 0.703. The van der Waals surface area contributed by atoms with Crippen LogP contribution in [0.4, 0.5) is 0 Å². The summed E-state index contributed by atoms with van der Waals surface area (Å²) in [5.41, 5.74) is 1.23. The first-order chi connectivity index (χ1) is 8.69. The van der Waals surface area contributed by atoms with Gasteiger partial charge in [-0.3, -0.25) is 4.90 Å². The fourth-order valence-corrected chi connectivity index (χ4v) is 3.39. The smallest absolute Gasteiger partial charge is 0.107 e. The molecule has 0 saturated carbocycles. The predicted octanol–water partition coefficient (Wildman–Crippen LogP) is 1.39. The molecule has 0 bridgehead atoms. The molecule has 0 aliphatic carbocycles. The molecule has 2 rings (SSSR count). The molecule has 1 N–H and O–H groups in total. The van der Waals surface area contributed by atoms with Crippen molar-refractivity contribution >= 4 is 11.3 Å². The minimum absolute atomic E-state index is 0.703. The van der Waals surface area contributed by atoms with E-state index in [0.29, 0.717) is 6.04 Å². The Balaban J connectivity index is 1.90. The quantitative estimate of drug-likeness (QED) is 0.845. The van der Waals surface area contributed by atoms with Gasteiger partial charge in [0.15, 0.2) is 0 Å². The van der Waals surface area contributed by atoms with Gasteiger partial charge in [-0.15, -0.1) is 11.3 Å². The van der Waals surface area contributed by atoms with Crippen molar-refractivity contribution in [2.75, 3.05) is 34.2 Å². The van der Waals surface area contributed by atoms with Gasteiger partial charge in [0.25, 0.3) is 0 Å². The average Bonchev–Trinajstić information content (AvgIpc) is 2.90. The molecule has 102 valence electrons. The van der Waals surface area contributed by atoms with E-state index in [0.717, 1.165) is 19.6 Å². The Hall–Kier alpha value is -0.490. The van der Waals surface area contributed by atoms with Gasteiger partial charge < -0.3 is 10.2 Å². The lowest BCUT2D eigenvalue weighted by Crippen LogP contribution is -2.37. The zero-order valence-electron chi connectivity index (χ0n) is 11.6. The number of hydrogen-bond donors (Lipinski definition) is 1. The van der Waals surface area contributed by atoms with Crippen LogP contribution >= 0.6 is 11.3 Å². The lowest BCUT2D eigenvalue weighted by Gasteiger charge is -2.26. The highest BCUT2D eigenvalue weighted by molar-refractivity contribution is 7.09. The van der Waals surface area contributed by atoms with Gasteiger partial charge in [0, 0.05) is 31.1 Å². The maximum Gasteiger partial charge on any atom is 0.107 e. The van der Waals surface area contributed by atoms with E-state index in [4.69, 9.17) is 0 Å². The molecule has 2 heterocycles. The molecule has 1 saturated heterocycles. The third-order valence-corrected chi connectivity index (χ3v) is 4.26. The van der Waals surface area contributed by atoms with Crippen molar-refractivity contribution in [3.05, 3.63) is 16.1 Å². The third kappa shape index (κ3) is 3.75. The molecule has 0 amide bonds. The minimum Gasteiger partial charge on any atom is -0.314 e. The highest BCUT2D eigenvalue weighted by atomic mass is 32.1. The largest absolute Gasteiger partial charge is 0.314 e. The number of rotatable bonds is 6. The summed E-state index contributed by atoms with van der Waals surface area (Å²) in [5, 5.41) is 6.55. The Bertz CT molecular complexity index is 364. The maximum absolute atomic E-state index is 4.68. The second-order valence-electron chi connectivity index (χ2n) is 5.29. The molecular weight excluding hydrogens is 244 g/mol. The molecule has 1 aromatic rings. The second kappa shape index (κ2) is 6.61.